The van der Waals surface area contributed by atoms with Crippen LogP contribution in [0.4, 0.5) is 9.59 Å². The molecule has 0 aromatic carbocycles. The molecule has 0 spiro atoms. The van der Waals surface area contributed by atoms with E-state index >= 15 is 0 Å². The lowest BCUT2D eigenvalue weighted by atomic mass is 9.87. The van der Waals surface area contributed by atoms with Crippen molar-refractivity contribution in [2.75, 3.05) is 28.3 Å². The molecule has 1 N–H and O–H groups in total. The Hall–Kier alpha value is -1.79. The lowest BCUT2D eigenvalue weighted by molar-refractivity contribution is 0.149. The number of aliphatic imine (C=N–C) groups is 1. The number of amides is 3. The first-order chi connectivity index (χ1) is 9.85. The maximum Gasteiger partial charge on any atom is 0.416 e. The monoisotopic (exact) mass is 298 g/mol. The van der Waals surface area contributed by atoms with Crippen molar-refractivity contribution in [3.63, 3.8) is 0 Å². The first-order valence-corrected chi connectivity index (χ1v) is 7.23. The number of ether oxygens (including phenoxy) is 1. The quantitative estimate of drug-likeness (QED) is 0.592. The number of methoxy groups -OCH3 is 1. The molecule has 7 heteroatoms. The molecular weight excluding hydrogens is 272 g/mol. The van der Waals surface area contributed by atoms with Crippen LogP contribution in [0.5, 0.6) is 0 Å². The van der Waals surface area contributed by atoms with Crippen molar-refractivity contribution < 1.29 is 14.3 Å². The second-order valence-corrected chi connectivity index (χ2v) is 5.75. The van der Waals surface area contributed by atoms with Gasteiger partial charge in [0.15, 0.2) is 0 Å². The van der Waals surface area contributed by atoms with Gasteiger partial charge in [-0.15, -0.1) is 0 Å². The topological polar surface area (TPSA) is 74.2 Å². The van der Waals surface area contributed by atoms with Crippen molar-refractivity contribution in [2.45, 2.75) is 38.6 Å². The summed E-state index contributed by atoms with van der Waals surface area (Å²) in [5.41, 5.74) is 0. The molecular formula is C14H26N4O3. The highest BCUT2D eigenvalue weighted by atomic mass is 16.5. The van der Waals surface area contributed by atoms with E-state index in [1.165, 1.54) is 25.5 Å². The molecule has 3 amide bonds. The van der Waals surface area contributed by atoms with Crippen LogP contribution in [0, 0.1) is 5.92 Å². The molecule has 2 unspecified atom stereocenters. The van der Waals surface area contributed by atoms with Gasteiger partial charge in [-0.05, 0) is 18.8 Å². The van der Waals surface area contributed by atoms with Crippen molar-refractivity contribution in [2.24, 2.45) is 10.9 Å². The summed E-state index contributed by atoms with van der Waals surface area (Å²) >= 11 is 0. The molecule has 1 saturated carbocycles. The average molecular weight is 298 g/mol. The molecule has 1 aliphatic rings. The minimum absolute atomic E-state index is 0.164. The van der Waals surface area contributed by atoms with Crippen LogP contribution in [0.25, 0.3) is 0 Å². The van der Waals surface area contributed by atoms with Gasteiger partial charge >= 0.3 is 12.1 Å². The summed E-state index contributed by atoms with van der Waals surface area (Å²) in [6.45, 7) is 2.19. The van der Waals surface area contributed by atoms with E-state index in [4.69, 9.17) is 0 Å². The molecule has 0 heterocycles. The summed E-state index contributed by atoms with van der Waals surface area (Å²) in [5, 5.41) is 2.91. The van der Waals surface area contributed by atoms with E-state index in [-0.39, 0.29) is 12.0 Å². The molecule has 2 atom stereocenters. The van der Waals surface area contributed by atoms with Crippen LogP contribution in [-0.2, 0) is 4.74 Å². The summed E-state index contributed by atoms with van der Waals surface area (Å²) in [5.74, 6) is 0.863. The third-order valence-electron chi connectivity index (χ3n) is 3.61. The van der Waals surface area contributed by atoms with E-state index < -0.39 is 12.1 Å². The molecule has 21 heavy (non-hydrogen) atoms. The third-order valence-corrected chi connectivity index (χ3v) is 3.61. The van der Waals surface area contributed by atoms with Gasteiger partial charge in [0.25, 0.3) is 0 Å². The fraction of sp³-hybridized carbons (Fsp3) is 0.786. The van der Waals surface area contributed by atoms with Gasteiger partial charge in [-0.1, -0.05) is 19.8 Å². The van der Waals surface area contributed by atoms with Crippen molar-refractivity contribution >= 4 is 18.1 Å². The Kier molecular flexibility index (Phi) is 6.45. The number of carbonyl (C=O) groups excluding carboxylic acids is 2. The molecule has 1 rings (SSSR count). The van der Waals surface area contributed by atoms with E-state index in [1.807, 2.05) is 0 Å². The lowest BCUT2D eigenvalue weighted by Gasteiger charge is -2.27. The highest BCUT2D eigenvalue weighted by Gasteiger charge is 2.22. The first kappa shape index (κ1) is 17.3. The normalized spacial score (nSPS) is 22.4. The zero-order valence-corrected chi connectivity index (χ0v) is 13.5. The summed E-state index contributed by atoms with van der Waals surface area (Å²) in [7, 11) is 6.23. The third kappa shape index (κ3) is 5.24. The molecule has 7 nitrogen and oxygen atoms in total. The number of rotatable bonds is 1. The molecule has 0 bridgehead atoms. The summed E-state index contributed by atoms with van der Waals surface area (Å²) in [4.78, 5) is 30.4. The number of carbonyl (C=O) groups is 2. The lowest BCUT2D eigenvalue weighted by Crippen LogP contribution is -2.44. The average Bonchev–Trinajstić information content (AvgIpc) is 2.42. The van der Waals surface area contributed by atoms with Crippen molar-refractivity contribution in [1.82, 2.24) is 15.1 Å². The summed E-state index contributed by atoms with van der Waals surface area (Å²) < 4.78 is 4.64. The Labute approximate surface area is 126 Å². The number of hydrogen-bond acceptors (Lipinski definition) is 3. The summed E-state index contributed by atoms with van der Waals surface area (Å²) in [6.07, 6.45) is 3.73. The predicted molar refractivity (Wildman–Crippen MR) is 81.2 cm³/mol. The summed E-state index contributed by atoms with van der Waals surface area (Å²) in [6, 6.07) is -0.259. The number of urea groups is 1. The molecule has 0 aliphatic heterocycles. The minimum atomic E-state index is -0.568. The zero-order valence-electron chi connectivity index (χ0n) is 13.5. The van der Waals surface area contributed by atoms with Gasteiger partial charge < -0.3 is 15.0 Å². The van der Waals surface area contributed by atoms with Crippen LogP contribution in [0.2, 0.25) is 0 Å². The Morgan fingerprint density at radius 2 is 1.90 bits per heavy atom. The van der Waals surface area contributed by atoms with Crippen LogP contribution in [0.1, 0.15) is 32.6 Å². The molecule has 0 aromatic heterocycles. The van der Waals surface area contributed by atoms with Gasteiger partial charge in [0.1, 0.15) is 0 Å². The van der Waals surface area contributed by atoms with E-state index in [0.717, 1.165) is 19.3 Å². The minimum Gasteiger partial charge on any atom is -0.452 e. The highest BCUT2D eigenvalue weighted by Crippen LogP contribution is 2.23. The fourth-order valence-corrected chi connectivity index (χ4v) is 2.56. The second kappa shape index (κ2) is 7.85. The Morgan fingerprint density at radius 1 is 1.24 bits per heavy atom. The highest BCUT2D eigenvalue weighted by molar-refractivity contribution is 5.99. The van der Waals surface area contributed by atoms with Gasteiger partial charge in [-0.3, -0.25) is 4.90 Å². The van der Waals surface area contributed by atoms with Gasteiger partial charge in [0.2, 0.25) is 5.96 Å². The van der Waals surface area contributed by atoms with E-state index in [0.29, 0.717) is 5.92 Å². The van der Waals surface area contributed by atoms with E-state index in [9.17, 15) is 9.59 Å². The maximum absolute atomic E-state index is 12.0. The van der Waals surface area contributed by atoms with E-state index in [1.54, 1.807) is 19.0 Å². The smallest absolute Gasteiger partial charge is 0.416 e. The SMILES string of the molecule is COC(=O)N(C)/C(=N/C(=O)NC1CCCC(C)C1)N(C)C. The Balaban J connectivity index is 2.71. The standard InChI is InChI=1S/C14H26N4O3/c1-10-7-6-8-11(9-10)15-12(19)16-13(17(2)3)18(4)14(20)21-5/h10-11H,6-9H2,1-5H3,(H,15,19)/b16-13+. The number of guanidine groups is 1. The molecule has 1 fully saturated rings. The molecule has 1 aliphatic carbocycles. The van der Waals surface area contributed by atoms with Gasteiger partial charge in [0.05, 0.1) is 7.11 Å². The first-order valence-electron chi connectivity index (χ1n) is 7.23. The number of hydrogen-bond donors (Lipinski definition) is 1. The largest absolute Gasteiger partial charge is 0.452 e. The second-order valence-electron chi connectivity index (χ2n) is 5.75. The van der Waals surface area contributed by atoms with Crippen LogP contribution in [-0.4, -0.2) is 62.2 Å². The number of nitrogens with one attached hydrogen (secondary N) is 1. The fourth-order valence-electron chi connectivity index (χ4n) is 2.56. The van der Waals surface area contributed by atoms with Gasteiger partial charge in [-0.2, -0.15) is 4.99 Å². The molecule has 0 radical (unpaired) electrons. The van der Waals surface area contributed by atoms with Crippen molar-refractivity contribution in [1.29, 1.82) is 0 Å². The Morgan fingerprint density at radius 3 is 2.43 bits per heavy atom. The number of nitrogens with zero attached hydrogens (tertiary/aromatic N) is 3. The van der Waals surface area contributed by atoms with Crippen LogP contribution in [0.15, 0.2) is 4.99 Å². The van der Waals surface area contributed by atoms with E-state index in [2.05, 4.69) is 22.0 Å². The zero-order chi connectivity index (χ0) is 16.0. The van der Waals surface area contributed by atoms with Crippen molar-refractivity contribution in [3.8, 4) is 0 Å². The van der Waals surface area contributed by atoms with Crippen LogP contribution >= 0.6 is 0 Å². The molecule has 120 valence electrons. The van der Waals surface area contributed by atoms with Crippen LogP contribution < -0.4 is 5.32 Å². The van der Waals surface area contributed by atoms with Gasteiger partial charge in [-0.25, -0.2) is 9.59 Å². The predicted octanol–water partition coefficient (Wildman–Crippen LogP) is 1.89. The molecule has 0 saturated heterocycles. The van der Waals surface area contributed by atoms with Gasteiger partial charge in [0, 0.05) is 27.2 Å². The maximum atomic E-state index is 12.0. The Bertz CT molecular complexity index is 409. The van der Waals surface area contributed by atoms with Crippen LogP contribution in [0.3, 0.4) is 0 Å². The van der Waals surface area contributed by atoms with Crippen molar-refractivity contribution in [3.05, 3.63) is 0 Å². The molecule has 0 aromatic rings.